The van der Waals surface area contributed by atoms with Crippen molar-refractivity contribution in [2.24, 2.45) is 0 Å². The molecule has 1 aliphatic rings. The molecule has 1 saturated carbocycles. The summed E-state index contributed by atoms with van der Waals surface area (Å²) in [5.74, 6) is -0.666. The van der Waals surface area contributed by atoms with Gasteiger partial charge in [-0.2, -0.15) is 0 Å². The lowest BCUT2D eigenvalue weighted by atomic mass is 10.3. The average Bonchev–Trinajstić information content (AvgIpc) is 3.32. The number of anilines is 1. The number of thioether (sulfide) groups is 1. The number of rotatable bonds is 6. The van der Waals surface area contributed by atoms with E-state index in [1.807, 2.05) is 11.5 Å². The maximum atomic E-state index is 13.6. The molecule has 3 rings (SSSR count). The fourth-order valence-corrected chi connectivity index (χ4v) is 3.30. The zero-order valence-corrected chi connectivity index (χ0v) is 14.2. The Kier molecular flexibility index (Phi) is 4.84. The maximum absolute atomic E-state index is 13.6. The lowest BCUT2D eigenvalue weighted by Crippen LogP contribution is -2.24. The Morgan fingerprint density at radius 2 is 2.04 bits per heavy atom. The van der Waals surface area contributed by atoms with Gasteiger partial charge in [0, 0.05) is 12.5 Å². The number of aromatic nitrogens is 3. The first kappa shape index (κ1) is 16.9. The Morgan fingerprint density at radius 1 is 1.38 bits per heavy atom. The van der Waals surface area contributed by atoms with Crippen molar-refractivity contribution < 1.29 is 13.6 Å². The van der Waals surface area contributed by atoms with Crippen LogP contribution in [0, 0.1) is 11.6 Å². The highest BCUT2D eigenvalue weighted by Gasteiger charge is 2.31. The Labute approximate surface area is 142 Å². The van der Waals surface area contributed by atoms with Crippen LogP contribution in [-0.4, -0.2) is 25.9 Å². The SMILES string of the molecule is CCn1c(S[C@@H](C)C(=O)Nc2c(F)cccc2F)nnc1C1CC1. The molecule has 1 amide bonds. The lowest BCUT2D eigenvalue weighted by Gasteiger charge is -2.13. The zero-order chi connectivity index (χ0) is 17.3. The largest absolute Gasteiger partial charge is 0.320 e. The van der Waals surface area contributed by atoms with Gasteiger partial charge in [-0.1, -0.05) is 17.8 Å². The Hall–Kier alpha value is -1.96. The van der Waals surface area contributed by atoms with Gasteiger partial charge in [-0.15, -0.1) is 10.2 Å². The number of amides is 1. The minimum Gasteiger partial charge on any atom is -0.320 e. The predicted octanol–water partition coefficient (Wildman–Crippen LogP) is 3.57. The van der Waals surface area contributed by atoms with Gasteiger partial charge in [0.25, 0.3) is 0 Å². The van der Waals surface area contributed by atoms with E-state index in [2.05, 4.69) is 15.5 Å². The van der Waals surface area contributed by atoms with Crippen LogP contribution >= 0.6 is 11.8 Å². The van der Waals surface area contributed by atoms with E-state index in [0.717, 1.165) is 37.3 Å². The molecule has 0 unspecified atom stereocenters. The number of nitrogens with zero attached hydrogens (tertiary/aromatic N) is 3. The summed E-state index contributed by atoms with van der Waals surface area (Å²) >= 11 is 1.23. The highest BCUT2D eigenvalue weighted by Crippen LogP contribution is 2.40. The third-order valence-electron chi connectivity index (χ3n) is 3.87. The number of nitrogens with one attached hydrogen (secondary N) is 1. The van der Waals surface area contributed by atoms with E-state index in [1.165, 1.54) is 17.8 Å². The van der Waals surface area contributed by atoms with Crippen LogP contribution in [0.5, 0.6) is 0 Å². The summed E-state index contributed by atoms with van der Waals surface area (Å²) in [7, 11) is 0. The number of halogens is 2. The van der Waals surface area contributed by atoms with Crippen molar-refractivity contribution in [1.29, 1.82) is 0 Å². The predicted molar refractivity (Wildman–Crippen MR) is 88.0 cm³/mol. The normalized spacial score (nSPS) is 15.3. The number of hydrogen-bond acceptors (Lipinski definition) is 4. The van der Waals surface area contributed by atoms with E-state index < -0.39 is 28.5 Å². The molecule has 8 heteroatoms. The molecule has 1 aliphatic carbocycles. The summed E-state index contributed by atoms with van der Waals surface area (Å²) in [4.78, 5) is 12.3. The Bertz CT molecular complexity index is 740. The molecule has 24 heavy (non-hydrogen) atoms. The fraction of sp³-hybridized carbons (Fsp3) is 0.438. The number of carbonyl (C=O) groups excluding carboxylic acids is 1. The molecular formula is C16H18F2N4OS. The lowest BCUT2D eigenvalue weighted by molar-refractivity contribution is -0.115. The molecule has 0 aliphatic heterocycles. The number of benzene rings is 1. The van der Waals surface area contributed by atoms with Crippen LogP contribution in [0.3, 0.4) is 0 Å². The molecule has 128 valence electrons. The highest BCUT2D eigenvalue weighted by molar-refractivity contribution is 8.00. The number of carbonyl (C=O) groups is 1. The van der Waals surface area contributed by atoms with Crippen LogP contribution in [0.25, 0.3) is 0 Å². The third kappa shape index (κ3) is 3.43. The van der Waals surface area contributed by atoms with E-state index in [4.69, 9.17) is 0 Å². The molecule has 1 N–H and O–H groups in total. The molecule has 1 heterocycles. The van der Waals surface area contributed by atoms with Gasteiger partial charge < -0.3 is 9.88 Å². The van der Waals surface area contributed by atoms with Crippen LogP contribution in [0.4, 0.5) is 14.5 Å². The Balaban J connectivity index is 1.70. The third-order valence-corrected chi connectivity index (χ3v) is 4.95. The van der Waals surface area contributed by atoms with E-state index in [1.54, 1.807) is 6.92 Å². The molecule has 1 aromatic heterocycles. The second kappa shape index (κ2) is 6.88. The minimum absolute atomic E-state index is 0.425. The van der Waals surface area contributed by atoms with E-state index in [0.29, 0.717) is 11.1 Å². The van der Waals surface area contributed by atoms with Gasteiger partial charge in [-0.05, 0) is 38.8 Å². The fourth-order valence-electron chi connectivity index (χ4n) is 2.38. The van der Waals surface area contributed by atoms with Crippen molar-refractivity contribution >= 4 is 23.4 Å². The van der Waals surface area contributed by atoms with Gasteiger partial charge in [0.15, 0.2) is 5.16 Å². The first-order valence-corrected chi connectivity index (χ1v) is 8.73. The van der Waals surface area contributed by atoms with Gasteiger partial charge in [0.2, 0.25) is 5.91 Å². The average molecular weight is 352 g/mol. The van der Waals surface area contributed by atoms with Crippen LogP contribution in [-0.2, 0) is 11.3 Å². The van der Waals surface area contributed by atoms with Gasteiger partial charge >= 0.3 is 0 Å². The second-order valence-corrected chi connectivity index (χ2v) is 7.01. The summed E-state index contributed by atoms with van der Waals surface area (Å²) in [5, 5.41) is 10.8. The summed E-state index contributed by atoms with van der Waals surface area (Å²) in [6, 6.07) is 3.46. The summed E-state index contributed by atoms with van der Waals surface area (Å²) in [6.07, 6.45) is 2.23. The summed E-state index contributed by atoms with van der Waals surface area (Å²) in [5.41, 5.74) is -0.425. The molecule has 1 atom stereocenters. The van der Waals surface area contributed by atoms with Gasteiger partial charge in [-0.3, -0.25) is 4.79 Å². The smallest absolute Gasteiger partial charge is 0.237 e. The molecule has 0 saturated heterocycles. The quantitative estimate of drug-likeness (QED) is 0.808. The van der Waals surface area contributed by atoms with Crippen molar-refractivity contribution in [3.8, 4) is 0 Å². The molecule has 5 nitrogen and oxygen atoms in total. The van der Waals surface area contributed by atoms with Gasteiger partial charge in [0.1, 0.15) is 23.1 Å². The molecule has 0 radical (unpaired) electrons. The number of para-hydroxylation sites is 1. The van der Waals surface area contributed by atoms with Gasteiger partial charge in [-0.25, -0.2) is 8.78 Å². The van der Waals surface area contributed by atoms with E-state index >= 15 is 0 Å². The van der Waals surface area contributed by atoms with Crippen LogP contribution < -0.4 is 5.32 Å². The molecular weight excluding hydrogens is 334 g/mol. The highest BCUT2D eigenvalue weighted by atomic mass is 32.2. The van der Waals surface area contributed by atoms with Gasteiger partial charge in [0.05, 0.1) is 5.25 Å². The zero-order valence-electron chi connectivity index (χ0n) is 13.4. The van der Waals surface area contributed by atoms with E-state index in [9.17, 15) is 13.6 Å². The minimum atomic E-state index is -0.798. The molecule has 0 bridgehead atoms. The number of hydrogen-bond donors (Lipinski definition) is 1. The first-order valence-electron chi connectivity index (χ1n) is 7.85. The molecule has 2 aromatic rings. The standard InChI is InChI=1S/C16H18F2N4OS/c1-3-22-14(10-7-8-10)20-21-16(22)24-9(2)15(23)19-13-11(17)5-4-6-12(13)18/h4-6,9-10H,3,7-8H2,1-2H3,(H,19,23)/t9-/m0/s1. The van der Waals surface area contributed by atoms with Crippen LogP contribution in [0.1, 0.15) is 38.4 Å². The van der Waals surface area contributed by atoms with E-state index in [-0.39, 0.29) is 0 Å². The monoisotopic (exact) mass is 352 g/mol. The summed E-state index contributed by atoms with van der Waals surface area (Å²) < 4.78 is 29.3. The molecule has 1 fully saturated rings. The van der Waals surface area contributed by atoms with Crippen molar-refractivity contribution in [2.75, 3.05) is 5.32 Å². The van der Waals surface area contributed by atoms with Crippen molar-refractivity contribution in [2.45, 2.75) is 49.6 Å². The van der Waals surface area contributed by atoms with Crippen LogP contribution in [0.15, 0.2) is 23.4 Å². The van der Waals surface area contributed by atoms with Crippen molar-refractivity contribution in [1.82, 2.24) is 14.8 Å². The first-order chi connectivity index (χ1) is 11.5. The topological polar surface area (TPSA) is 59.8 Å². The maximum Gasteiger partial charge on any atom is 0.237 e. The second-order valence-electron chi connectivity index (χ2n) is 5.71. The molecule has 0 spiro atoms. The molecule has 1 aromatic carbocycles. The summed E-state index contributed by atoms with van der Waals surface area (Å²) in [6.45, 7) is 4.39. The van der Waals surface area contributed by atoms with Crippen LogP contribution in [0.2, 0.25) is 0 Å². The van der Waals surface area contributed by atoms with Crippen molar-refractivity contribution in [3.63, 3.8) is 0 Å². The Morgan fingerprint density at radius 3 is 2.62 bits per heavy atom. The van der Waals surface area contributed by atoms with Crippen molar-refractivity contribution in [3.05, 3.63) is 35.7 Å².